The summed E-state index contributed by atoms with van der Waals surface area (Å²) in [4.78, 5) is 30.3. The van der Waals surface area contributed by atoms with Gasteiger partial charge in [0.05, 0.1) is 18.8 Å². The Morgan fingerprint density at radius 3 is 1.12 bits per heavy atom. The third-order valence-corrected chi connectivity index (χ3v) is 1.19. The zero-order valence-corrected chi connectivity index (χ0v) is 10.1. The minimum atomic E-state index is -1.40. The van der Waals surface area contributed by atoms with Crippen LogP contribution in [-0.2, 0) is 14.4 Å². The van der Waals surface area contributed by atoms with Gasteiger partial charge in [-0.1, -0.05) is 0 Å². The maximum atomic E-state index is 10.2. The topological polar surface area (TPSA) is 252 Å². The largest absolute Gasteiger partial charge is 0.481 e. The van der Waals surface area contributed by atoms with Gasteiger partial charge < -0.3 is 39.9 Å². The summed E-state index contributed by atoms with van der Waals surface area (Å²) in [6, 6.07) is 0. The fraction of sp³-hybridized carbons (Fsp3) is 0.500. The molecule has 15 N–H and O–H groups in total. The van der Waals surface area contributed by atoms with Crippen molar-refractivity contribution in [2.24, 2.45) is 5.92 Å². The van der Waals surface area contributed by atoms with Crippen LogP contribution in [0.2, 0.25) is 0 Å². The number of carbonyl (C=O) groups is 3. The minimum absolute atomic E-state index is 0. The lowest BCUT2D eigenvalue weighted by atomic mass is 10.0. The van der Waals surface area contributed by atoms with Gasteiger partial charge in [0.15, 0.2) is 0 Å². The van der Waals surface area contributed by atoms with E-state index in [-0.39, 0.29) is 37.0 Å². The van der Waals surface area contributed by atoms with E-state index in [9.17, 15) is 14.4 Å². The molecule has 0 aromatic rings. The van der Waals surface area contributed by atoms with Gasteiger partial charge >= 0.3 is 17.9 Å². The fourth-order valence-corrected chi connectivity index (χ4v) is 0.668. The molecule has 0 rings (SSSR count). The molecule has 0 aliphatic carbocycles. The Labute approximate surface area is 104 Å². The molecule has 0 aliphatic heterocycles. The van der Waals surface area contributed by atoms with E-state index in [1.807, 2.05) is 0 Å². The molecule has 0 amide bonds. The molecule has 0 radical (unpaired) electrons. The van der Waals surface area contributed by atoms with E-state index in [1.165, 1.54) is 0 Å². The number of carboxylic acid groups (broad SMARTS) is 3. The summed E-state index contributed by atoms with van der Waals surface area (Å²) in [5, 5.41) is 24.7. The summed E-state index contributed by atoms with van der Waals surface area (Å²) in [6.45, 7) is 0. The molecule has 0 saturated carbocycles. The van der Waals surface area contributed by atoms with E-state index in [1.54, 1.807) is 0 Å². The lowest BCUT2D eigenvalue weighted by molar-refractivity contribution is -0.152. The van der Waals surface area contributed by atoms with Crippen LogP contribution in [-0.4, -0.2) is 33.2 Å². The molecule has 0 aromatic carbocycles. The molecule has 0 spiro atoms. The van der Waals surface area contributed by atoms with Crippen LogP contribution in [0.25, 0.3) is 0 Å². The van der Waals surface area contributed by atoms with E-state index >= 15 is 0 Å². The van der Waals surface area contributed by atoms with Crippen LogP contribution < -0.4 is 24.6 Å². The van der Waals surface area contributed by atoms with E-state index in [2.05, 4.69) is 0 Å². The maximum Gasteiger partial charge on any atom is 0.307 e. The minimum Gasteiger partial charge on any atom is -0.481 e. The first kappa shape index (κ1) is 36.1. The Balaban J connectivity index is -0.0000000605. The van der Waals surface area contributed by atoms with Gasteiger partial charge in [0.2, 0.25) is 0 Å². The summed E-state index contributed by atoms with van der Waals surface area (Å²) >= 11 is 0. The van der Waals surface area contributed by atoms with Crippen LogP contribution in [0.15, 0.2) is 0 Å². The summed E-state index contributed by atoms with van der Waals surface area (Å²) in [7, 11) is 0. The van der Waals surface area contributed by atoms with Crippen LogP contribution in [0.5, 0.6) is 0 Å². The van der Waals surface area contributed by atoms with E-state index in [4.69, 9.17) is 15.3 Å². The third-order valence-electron chi connectivity index (χ3n) is 1.19. The Hall–Kier alpha value is -1.46. The molecule has 0 unspecified atom stereocenters. The van der Waals surface area contributed by atoms with E-state index in [0.29, 0.717) is 0 Å². The molecule has 0 saturated heterocycles. The monoisotopic (exact) mass is 280 g/mol. The van der Waals surface area contributed by atoms with Crippen molar-refractivity contribution >= 4 is 30.3 Å². The SMILES string of the molecule is Cl.N.N.N.N.O=C(O)CC(CC(=O)O)C(=O)O. The molecule has 0 aliphatic rings. The highest BCUT2D eigenvalue weighted by atomic mass is 35.5. The Morgan fingerprint density at radius 2 is 1.00 bits per heavy atom. The number of halogens is 1. The number of hydrogen-bond acceptors (Lipinski definition) is 7. The molecule has 17 heavy (non-hydrogen) atoms. The molecule has 11 heteroatoms. The van der Waals surface area contributed by atoms with Crippen LogP contribution in [0.4, 0.5) is 0 Å². The number of carboxylic acids is 3. The second-order valence-electron chi connectivity index (χ2n) is 2.23. The average Bonchev–Trinajstić information content (AvgIpc) is 1.83. The fourth-order valence-electron chi connectivity index (χ4n) is 0.668. The predicted octanol–water partition coefficient (Wildman–Crippen LogP) is 0.706. The van der Waals surface area contributed by atoms with Crippen molar-refractivity contribution in [1.82, 2.24) is 24.6 Å². The van der Waals surface area contributed by atoms with Crippen molar-refractivity contribution in [3.05, 3.63) is 0 Å². The second kappa shape index (κ2) is 17.0. The molecule has 10 nitrogen and oxygen atoms in total. The van der Waals surface area contributed by atoms with Crippen molar-refractivity contribution < 1.29 is 29.7 Å². The average molecular weight is 281 g/mol. The van der Waals surface area contributed by atoms with Crippen molar-refractivity contribution in [3.8, 4) is 0 Å². The molecule has 0 atom stereocenters. The molecule has 0 heterocycles. The lowest BCUT2D eigenvalue weighted by Crippen LogP contribution is -2.20. The third kappa shape index (κ3) is 20.6. The highest BCUT2D eigenvalue weighted by Crippen LogP contribution is 2.08. The molecule has 0 bridgehead atoms. The van der Waals surface area contributed by atoms with Crippen LogP contribution in [0.1, 0.15) is 12.8 Å². The number of rotatable bonds is 5. The first-order chi connectivity index (χ1) is 5.43. The Morgan fingerprint density at radius 1 is 0.765 bits per heavy atom. The summed E-state index contributed by atoms with van der Waals surface area (Å²) in [5.41, 5.74) is 0. The number of aliphatic carboxylic acids is 3. The van der Waals surface area contributed by atoms with Crippen LogP contribution in [0.3, 0.4) is 0 Å². The highest BCUT2D eigenvalue weighted by molar-refractivity contribution is 5.85. The summed E-state index contributed by atoms with van der Waals surface area (Å²) in [5.74, 6) is -5.38. The normalized spacial score (nSPS) is 6.88. The molecular weight excluding hydrogens is 260 g/mol. The van der Waals surface area contributed by atoms with Crippen molar-refractivity contribution in [2.45, 2.75) is 12.8 Å². The van der Waals surface area contributed by atoms with Gasteiger partial charge in [-0.15, -0.1) is 12.4 Å². The van der Waals surface area contributed by atoms with Gasteiger partial charge in [-0.2, -0.15) is 0 Å². The molecule has 108 valence electrons. The zero-order chi connectivity index (χ0) is 9.72. The van der Waals surface area contributed by atoms with E-state index < -0.39 is 36.7 Å². The molecule has 0 fully saturated rings. The van der Waals surface area contributed by atoms with Gasteiger partial charge in [0.1, 0.15) is 0 Å². The maximum absolute atomic E-state index is 10.2. The Kier molecular flexibility index (Phi) is 36.0. The van der Waals surface area contributed by atoms with Gasteiger partial charge in [-0.25, -0.2) is 0 Å². The summed E-state index contributed by atoms with van der Waals surface area (Å²) in [6.07, 6.45) is -1.33. The first-order valence-corrected chi connectivity index (χ1v) is 3.10. The summed E-state index contributed by atoms with van der Waals surface area (Å²) < 4.78 is 0. The highest BCUT2D eigenvalue weighted by Gasteiger charge is 2.23. The molecule has 0 aromatic heterocycles. The van der Waals surface area contributed by atoms with Crippen LogP contribution in [0, 0.1) is 5.92 Å². The van der Waals surface area contributed by atoms with Crippen molar-refractivity contribution in [1.29, 1.82) is 0 Å². The van der Waals surface area contributed by atoms with E-state index in [0.717, 1.165) is 0 Å². The van der Waals surface area contributed by atoms with Crippen LogP contribution >= 0.6 is 12.4 Å². The van der Waals surface area contributed by atoms with Gasteiger partial charge in [-0.3, -0.25) is 14.4 Å². The lowest BCUT2D eigenvalue weighted by Gasteiger charge is -2.04. The molecular formula is C6H21ClN4O6. The smallest absolute Gasteiger partial charge is 0.307 e. The first-order valence-electron chi connectivity index (χ1n) is 3.10. The van der Waals surface area contributed by atoms with Gasteiger partial charge in [0.25, 0.3) is 0 Å². The standard InChI is InChI=1S/C6H8O6.ClH.4H3N/c7-4(8)1-3(6(11)12)2-5(9)10;;;;;/h3H,1-2H2,(H,7,8)(H,9,10)(H,11,12);1H;4*1H3. The second-order valence-corrected chi connectivity index (χ2v) is 2.23. The number of hydrogen-bond donors (Lipinski definition) is 7. The van der Waals surface area contributed by atoms with Gasteiger partial charge in [0, 0.05) is 0 Å². The predicted molar refractivity (Wildman–Crippen MR) is 63.0 cm³/mol. The van der Waals surface area contributed by atoms with Crippen molar-refractivity contribution in [3.63, 3.8) is 0 Å². The zero-order valence-electron chi connectivity index (χ0n) is 9.29. The van der Waals surface area contributed by atoms with Gasteiger partial charge in [-0.05, 0) is 0 Å². The quantitative estimate of drug-likeness (QED) is 0.370. The van der Waals surface area contributed by atoms with Crippen molar-refractivity contribution in [2.75, 3.05) is 0 Å². The Bertz CT molecular complexity index is 211.